The van der Waals surface area contributed by atoms with Crippen molar-refractivity contribution in [1.29, 1.82) is 0 Å². The van der Waals surface area contributed by atoms with E-state index >= 15 is 0 Å². The maximum atomic E-state index is 12.7. The summed E-state index contributed by atoms with van der Waals surface area (Å²) in [6.45, 7) is 2.89. The lowest BCUT2D eigenvalue weighted by atomic mass is 9.47. The number of hydrogen-bond donors (Lipinski definition) is 2. The number of para-hydroxylation sites is 1. The molecule has 5 fully saturated rings. The maximum absolute atomic E-state index is 12.7. The Morgan fingerprint density at radius 3 is 2.59 bits per heavy atom. The lowest BCUT2D eigenvalue weighted by Crippen LogP contribution is -2.56. The second-order valence-electron chi connectivity index (χ2n) is 10.1. The third kappa shape index (κ3) is 3.49. The summed E-state index contributed by atoms with van der Waals surface area (Å²) in [6, 6.07) is 10.6. The summed E-state index contributed by atoms with van der Waals surface area (Å²) in [5.74, 6) is 2.05. The van der Waals surface area contributed by atoms with E-state index in [-0.39, 0.29) is 11.3 Å². The fourth-order valence-corrected chi connectivity index (χ4v) is 7.14. The summed E-state index contributed by atoms with van der Waals surface area (Å²) >= 11 is 0. The van der Waals surface area contributed by atoms with Gasteiger partial charge in [0, 0.05) is 31.7 Å². The normalized spacial score (nSPS) is 39.7. The van der Waals surface area contributed by atoms with Gasteiger partial charge in [-0.1, -0.05) is 18.2 Å². The van der Waals surface area contributed by atoms with E-state index in [0.717, 1.165) is 58.2 Å². The van der Waals surface area contributed by atoms with Gasteiger partial charge in [-0.15, -0.1) is 0 Å². The van der Waals surface area contributed by atoms with Gasteiger partial charge in [0.25, 0.3) is 0 Å². The number of carbonyl (C=O) groups is 1. The highest BCUT2D eigenvalue weighted by atomic mass is 16.3. The van der Waals surface area contributed by atoms with Gasteiger partial charge in [0.1, 0.15) is 0 Å². The monoisotopic (exact) mass is 368 g/mol. The Kier molecular flexibility index (Phi) is 4.23. The first-order chi connectivity index (χ1) is 13.0. The molecule has 4 aliphatic carbocycles. The first-order valence-corrected chi connectivity index (χ1v) is 10.8. The maximum Gasteiger partial charge on any atom is 0.220 e. The second kappa shape index (κ2) is 6.51. The smallest absolute Gasteiger partial charge is 0.220 e. The van der Waals surface area contributed by atoms with Crippen LogP contribution in [0.5, 0.6) is 0 Å². The fourth-order valence-electron chi connectivity index (χ4n) is 7.14. The average Bonchev–Trinajstić information content (AvgIpc) is 3.07. The van der Waals surface area contributed by atoms with Crippen LogP contribution in [0.3, 0.4) is 0 Å². The van der Waals surface area contributed by atoms with Crippen molar-refractivity contribution in [3.63, 3.8) is 0 Å². The van der Waals surface area contributed by atoms with Crippen molar-refractivity contribution in [1.82, 2.24) is 5.32 Å². The molecule has 1 saturated heterocycles. The fraction of sp³-hybridized carbons (Fsp3) is 0.696. The highest BCUT2D eigenvalue weighted by Crippen LogP contribution is 2.62. The van der Waals surface area contributed by atoms with Gasteiger partial charge in [0.2, 0.25) is 5.91 Å². The van der Waals surface area contributed by atoms with E-state index in [1.807, 2.05) is 0 Å². The van der Waals surface area contributed by atoms with Crippen molar-refractivity contribution >= 4 is 11.6 Å². The van der Waals surface area contributed by atoms with Crippen molar-refractivity contribution in [3.05, 3.63) is 30.3 Å². The number of anilines is 1. The van der Waals surface area contributed by atoms with Crippen LogP contribution < -0.4 is 10.2 Å². The molecule has 4 heteroatoms. The van der Waals surface area contributed by atoms with Crippen LogP contribution in [0.25, 0.3) is 0 Å². The summed E-state index contributed by atoms with van der Waals surface area (Å²) in [7, 11) is 0. The van der Waals surface area contributed by atoms with Crippen LogP contribution >= 0.6 is 0 Å². The number of benzene rings is 1. The molecule has 0 radical (unpaired) electrons. The Bertz CT molecular complexity index is 690. The Balaban J connectivity index is 1.14. The average molecular weight is 369 g/mol. The zero-order valence-electron chi connectivity index (χ0n) is 16.2. The summed E-state index contributed by atoms with van der Waals surface area (Å²) in [4.78, 5) is 15.2. The van der Waals surface area contributed by atoms with Gasteiger partial charge in [0.15, 0.2) is 0 Å². The Morgan fingerprint density at radius 1 is 1.15 bits per heavy atom. The van der Waals surface area contributed by atoms with Crippen LogP contribution in [-0.2, 0) is 4.79 Å². The third-order valence-electron chi connectivity index (χ3n) is 7.68. The molecule has 1 aromatic carbocycles. The molecule has 1 aliphatic heterocycles. The molecule has 6 rings (SSSR count). The largest absolute Gasteiger partial charge is 0.390 e. The molecule has 27 heavy (non-hydrogen) atoms. The number of nitrogens with one attached hydrogen (secondary N) is 1. The van der Waals surface area contributed by atoms with Crippen LogP contribution in [0.4, 0.5) is 5.69 Å². The van der Waals surface area contributed by atoms with Gasteiger partial charge < -0.3 is 15.3 Å². The van der Waals surface area contributed by atoms with Crippen LogP contribution in [0, 0.1) is 23.2 Å². The zero-order valence-corrected chi connectivity index (χ0v) is 16.2. The van der Waals surface area contributed by atoms with Gasteiger partial charge in [0.05, 0.1) is 5.60 Å². The lowest BCUT2D eigenvalue weighted by Gasteiger charge is -2.60. The second-order valence-corrected chi connectivity index (χ2v) is 10.1. The Morgan fingerprint density at radius 2 is 1.89 bits per heavy atom. The molecule has 0 aromatic heterocycles. The van der Waals surface area contributed by atoms with Gasteiger partial charge >= 0.3 is 0 Å². The third-order valence-corrected chi connectivity index (χ3v) is 7.68. The molecule has 1 aromatic rings. The van der Waals surface area contributed by atoms with E-state index < -0.39 is 5.60 Å². The minimum atomic E-state index is -0.466. The standard InChI is InChI=1S/C23H32N2O2/c26-21(13-22-9-18-8-19(10-22)12-23(27,11-18)16-22)24-14-17-6-7-25(15-17)20-4-2-1-3-5-20/h1-5,17-19,27H,6-16H2,(H,24,26)/t17-,18+,19+,22?,23?/m0/s1. The van der Waals surface area contributed by atoms with Crippen molar-refractivity contribution in [3.8, 4) is 0 Å². The van der Waals surface area contributed by atoms with Crippen molar-refractivity contribution < 1.29 is 9.90 Å². The molecular weight excluding hydrogens is 336 g/mol. The molecule has 2 N–H and O–H groups in total. The van der Waals surface area contributed by atoms with Crippen molar-refractivity contribution in [2.45, 2.75) is 57.0 Å². The SMILES string of the molecule is O=C(CC12C[C@H]3C[C@@H](CC(O)(C3)C1)C2)NC[C@@H]1CCN(c2ccccc2)C1. The highest BCUT2D eigenvalue weighted by molar-refractivity contribution is 5.76. The quantitative estimate of drug-likeness (QED) is 0.838. The predicted octanol–water partition coefficient (Wildman–Crippen LogP) is 3.35. The van der Waals surface area contributed by atoms with Gasteiger partial charge in [-0.3, -0.25) is 4.79 Å². The number of nitrogens with zero attached hydrogens (tertiary/aromatic N) is 1. The molecule has 146 valence electrons. The topological polar surface area (TPSA) is 52.6 Å². The molecule has 3 atom stereocenters. The molecule has 4 bridgehead atoms. The Hall–Kier alpha value is -1.55. The van der Waals surface area contributed by atoms with Crippen LogP contribution in [0.15, 0.2) is 30.3 Å². The minimum Gasteiger partial charge on any atom is -0.390 e. The van der Waals surface area contributed by atoms with Crippen molar-refractivity contribution in [2.24, 2.45) is 23.2 Å². The number of amides is 1. The van der Waals surface area contributed by atoms with Gasteiger partial charge in [-0.25, -0.2) is 0 Å². The van der Waals surface area contributed by atoms with E-state index in [2.05, 4.69) is 40.5 Å². The van der Waals surface area contributed by atoms with E-state index in [9.17, 15) is 9.90 Å². The van der Waals surface area contributed by atoms with E-state index in [0.29, 0.717) is 24.2 Å². The molecule has 1 amide bonds. The molecule has 4 saturated carbocycles. The molecule has 1 heterocycles. The van der Waals surface area contributed by atoms with E-state index in [4.69, 9.17) is 0 Å². The number of carbonyl (C=O) groups excluding carboxylic acids is 1. The molecule has 5 aliphatic rings. The highest BCUT2D eigenvalue weighted by Gasteiger charge is 2.57. The van der Waals surface area contributed by atoms with Crippen molar-refractivity contribution in [2.75, 3.05) is 24.5 Å². The van der Waals surface area contributed by atoms with Gasteiger partial charge in [-0.2, -0.15) is 0 Å². The van der Waals surface area contributed by atoms with Crippen LogP contribution in [0.1, 0.15) is 51.4 Å². The van der Waals surface area contributed by atoms with E-state index in [1.165, 1.54) is 12.1 Å². The zero-order chi connectivity index (χ0) is 18.5. The van der Waals surface area contributed by atoms with Crippen LogP contribution in [-0.4, -0.2) is 36.2 Å². The summed E-state index contributed by atoms with van der Waals surface area (Å²) in [5, 5.41) is 14.1. The van der Waals surface area contributed by atoms with E-state index in [1.54, 1.807) is 0 Å². The molecule has 0 unspecified atom stereocenters. The number of aliphatic hydroxyl groups is 1. The molecular formula is C23H32N2O2. The van der Waals surface area contributed by atoms with Crippen LogP contribution in [0.2, 0.25) is 0 Å². The van der Waals surface area contributed by atoms with Gasteiger partial charge in [-0.05, 0) is 80.2 Å². The summed E-state index contributed by atoms with van der Waals surface area (Å²) in [6.07, 6.45) is 8.17. The molecule has 4 nitrogen and oxygen atoms in total. The molecule has 0 spiro atoms. The minimum absolute atomic E-state index is 0.0780. The number of hydrogen-bond acceptors (Lipinski definition) is 3. The first kappa shape index (κ1) is 17.5. The summed E-state index contributed by atoms with van der Waals surface area (Å²) in [5.41, 5.74) is 0.897. The predicted molar refractivity (Wildman–Crippen MR) is 106 cm³/mol. The Labute approximate surface area is 162 Å². The first-order valence-electron chi connectivity index (χ1n) is 10.8. The number of rotatable bonds is 5. The lowest BCUT2D eigenvalue weighted by molar-refractivity contribution is -0.169. The summed E-state index contributed by atoms with van der Waals surface area (Å²) < 4.78 is 0.